The van der Waals surface area contributed by atoms with E-state index >= 15 is 0 Å². The molecular formula is C13H12ClN3O3S. The molecule has 0 radical (unpaired) electrons. The van der Waals surface area contributed by atoms with Crippen LogP contribution in [0.15, 0.2) is 24.5 Å². The lowest BCUT2D eigenvalue weighted by Gasteiger charge is -2.04. The Morgan fingerprint density at radius 1 is 1.57 bits per heavy atom. The van der Waals surface area contributed by atoms with E-state index in [1.54, 1.807) is 16.8 Å². The quantitative estimate of drug-likeness (QED) is 0.828. The molecule has 0 unspecified atom stereocenters. The second-order valence-corrected chi connectivity index (χ2v) is 5.52. The molecule has 0 fully saturated rings. The second kappa shape index (κ2) is 6.55. The monoisotopic (exact) mass is 325 g/mol. The van der Waals surface area contributed by atoms with Gasteiger partial charge in [0, 0.05) is 29.9 Å². The van der Waals surface area contributed by atoms with E-state index in [1.807, 2.05) is 6.92 Å². The van der Waals surface area contributed by atoms with E-state index in [0.717, 1.165) is 6.08 Å². The zero-order chi connectivity index (χ0) is 15.4. The van der Waals surface area contributed by atoms with Gasteiger partial charge in [0.05, 0.1) is 5.02 Å². The maximum atomic E-state index is 12.1. The van der Waals surface area contributed by atoms with Crippen molar-refractivity contribution < 1.29 is 14.7 Å². The van der Waals surface area contributed by atoms with E-state index in [2.05, 4.69) is 10.3 Å². The summed E-state index contributed by atoms with van der Waals surface area (Å²) in [6, 6.07) is 1.58. The van der Waals surface area contributed by atoms with E-state index in [1.165, 1.54) is 23.6 Å². The number of aliphatic carboxylic acids is 1. The summed E-state index contributed by atoms with van der Waals surface area (Å²) in [4.78, 5) is 27.2. The Hall–Kier alpha value is -2.12. The number of halogens is 1. The fraction of sp³-hybridized carbons (Fsp3) is 0.154. The summed E-state index contributed by atoms with van der Waals surface area (Å²) >= 11 is 7.07. The van der Waals surface area contributed by atoms with Gasteiger partial charge in [-0.15, -0.1) is 0 Å². The predicted molar refractivity (Wildman–Crippen MR) is 81.9 cm³/mol. The lowest BCUT2D eigenvalue weighted by molar-refractivity contribution is -0.131. The zero-order valence-electron chi connectivity index (χ0n) is 11.0. The van der Waals surface area contributed by atoms with Gasteiger partial charge in [-0.3, -0.25) is 10.1 Å². The number of anilines is 1. The van der Waals surface area contributed by atoms with Gasteiger partial charge in [0.15, 0.2) is 5.13 Å². The van der Waals surface area contributed by atoms with Crippen LogP contribution >= 0.6 is 22.9 Å². The Labute approximate surface area is 129 Å². The number of carboxylic acids is 1. The molecule has 0 spiro atoms. The highest BCUT2D eigenvalue weighted by molar-refractivity contribution is 7.16. The van der Waals surface area contributed by atoms with Gasteiger partial charge in [-0.05, 0) is 19.1 Å². The largest absolute Gasteiger partial charge is 0.478 e. The highest BCUT2D eigenvalue weighted by Gasteiger charge is 2.14. The minimum absolute atomic E-state index is 0.313. The molecule has 0 aromatic carbocycles. The molecule has 8 heteroatoms. The molecule has 2 heterocycles. The van der Waals surface area contributed by atoms with Gasteiger partial charge in [0.25, 0.3) is 5.91 Å². The van der Waals surface area contributed by atoms with Gasteiger partial charge in [-0.1, -0.05) is 22.9 Å². The topological polar surface area (TPSA) is 84.2 Å². The van der Waals surface area contributed by atoms with Crippen molar-refractivity contribution in [3.8, 4) is 0 Å². The number of amides is 1. The standard InChI is InChI=1S/C13H12ClN3O3S/c1-2-17-7-8(14)5-10(17)12(20)16-13-15-6-9(21-13)3-4-11(18)19/h3-7H,2H2,1H3,(H,18,19)(H,15,16,20). The number of aromatic nitrogens is 2. The summed E-state index contributed by atoms with van der Waals surface area (Å²) in [6.07, 6.45) is 5.60. The maximum Gasteiger partial charge on any atom is 0.328 e. The van der Waals surface area contributed by atoms with Crippen molar-refractivity contribution in [3.63, 3.8) is 0 Å². The Kier molecular flexibility index (Phi) is 4.77. The van der Waals surface area contributed by atoms with Gasteiger partial charge in [-0.25, -0.2) is 9.78 Å². The minimum atomic E-state index is -1.04. The van der Waals surface area contributed by atoms with Crippen LogP contribution in [-0.4, -0.2) is 26.5 Å². The minimum Gasteiger partial charge on any atom is -0.478 e. The number of hydrogen-bond acceptors (Lipinski definition) is 4. The van der Waals surface area contributed by atoms with Crippen molar-refractivity contribution in [1.29, 1.82) is 0 Å². The van der Waals surface area contributed by atoms with E-state index in [4.69, 9.17) is 16.7 Å². The summed E-state index contributed by atoms with van der Waals surface area (Å²) in [7, 11) is 0. The first-order chi connectivity index (χ1) is 9.99. The van der Waals surface area contributed by atoms with E-state index < -0.39 is 5.97 Å². The highest BCUT2D eigenvalue weighted by atomic mass is 35.5. The number of carbonyl (C=O) groups excluding carboxylic acids is 1. The molecule has 0 aliphatic heterocycles. The molecule has 0 aliphatic carbocycles. The molecule has 0 aliphatic rings. The third-order valence-electron chi connectivity index (χ3n) is 2.57. The molecule has 0 atom stereocenters. The molecule has 2 aromatic heterocycles. The van der Waals surface area contributed by atoms with Crippen molar-refractivity contribution in [2.75, 3.05) is 5.32 Å². The smallest absolute Gasteiger partial charge is 0.328 e. The number of thiazole rings is 1. The van der Waals surface area contributed by atoms with Gasteiger partial charge >= 0.3 is 5.97 Å². The van der Waals surface area contributed by atoms with Crippen molar-refractivity contribution in [2.24, 2.45) is 0 Å². The number of carbonyl (C=O) groups is 2. The third kappa shape index (κ3) is 3.93. The van der Waals surface area contributed by atoms with Crippen LogP contribution in [0.4, 0.5) is 5.13 Å². The molecule has 2 aromatic rings. The highest BCUT2D eigenvalue weighted by Crippen LogP contribution is 2.21. The maximum absolute atomic E-state index is 12.1. The summed E-state index contributed by atoms with van der Waals surface area (Å²) in [5.74, 6) is -1.35. The Morgan fingerprint density at radius 2 is 2.33 bits per heavy atom. The van der Waals surface area contributed by atoms with Gasteiger partial charge in [0.2, 0.25) is 0 Å². The molecule has 110 valence electrons. The van der Waals surface area contributed by atoms with Gasteiger partial charge < -0.3 is 9.67 Å². The van der Waals surface area contributed by atoms with Crippen molar-refractivity contribution >= 4 is 46.0 Å². The Balaban J connectivity index is 2.11. The zero-order valence-corrected chi connectivity index (χ0v) is 12.6. The SMILES string of the molecule is CCn1cc(Cl)cc1C(=O)Nc1ncc(C=CC(=O)O)s1. The molecule has 21 heavy (non-hydrogen) atoms. The van der Waals surface area contributed by atoms with Crippen LogP contribution in [0.1, 0.15) is 22.3 Å². The molecular weight excluding hydrogens is 314 g/mol. The first-order valence-electron chi connectivity index (χ1n) is 6.03. The van der Waals surface area contributed by atoms with E-state index in [9.17, 15) is 9.59 Å². The van der Waals surface area contributed by atoms with Crippen molar-refractivity contribution in [2.45, 2.75) is 13.5 Å². The lowest BCUT2D eigenvalue weighted by atomic mass is 10.4. The fourth-order valence-electron chi connectivity index (χ4n) is 1.66. The predicted octanol–water partition coefficient (Wildman–Crippen LogP) is 2.97. The molecule has 0 bridgehead atoms. The van der Waals surface area contributed by atoms with Crippen LogP contribution < -0.4 is 5.32 Å². The molecule has 0 saturated carbocycles. The summed E-state index contributed by atoms with van der Waals surface area (Å²) in [5, 5.41) is 12.1. The van der Waals surface area contributed by atoms with Crippen molar-refractivity contribution in [3.05, 3.63) is 40.1 Å². The van der Waals surface area contributed by atoms with E-state index in [-0.39, 0.29) is 5.91 Å². The van der Waals surface area contributed by atoms with Gasteiger partial charge in [0.1, 0.15) is 5.69 Å². The third-order valence-corrected chi connectivity index (χ3v) is 3.66. The first kappa shape index (κ1) is 15.3. The number of carboxylic acid groups (broad SMARTS) is 1. The second-order valence-electron chi connectivity index (χ2n) is 4.02. The first-order valence-corrected chi connectivity index (χ1v) is 7.23. The Morgan fingerprint density at radius 3 is 3.00 bits per heavy atom. The van der Waals surface area contributed by atoms with Crippen LogP contribution in [0.3, 0.4) is 0 Å². The van der Waals surface area contributed by atoms with E-state index in [0.29, 0.717) is 27.3 Å². The fourth-order valence-corrected chi connectivity index (χ4v) is 2.60. The molecule has 2 N–H and O–H groups in total. The van der Waals surface area contributed by atoms with Crippen LogP contribution in [-0.2, 0) is 11.3 Å². The normalized spacial score (nSPS) is 11.0. The number of nitrogens with zero attached hydrogens (tertiary/aromatic N) is 2. The van der Waals surface area contributed by atoms with Crippen LogP contribution in [0.25, 0.3) is 6.08 Å². The number of rotatable bonds is 5. The molecule has 6 nitrogen and oxygen atoms in total. The van der Waals surface area contributed by atoms with Crippen LogP contribution in [0.2, 0.25) is 5.02 Å². The lowest BCUT2D eigenvalue weighted by Crippen LogP contribution is -2.16. The average molecular weight is 326 g/mol. The number of aryl methyl sites for hydroxylation is 1. The molecule has 2 rings (SSSR count). The summed E-state index contributed by atoms with van der Waals surface area (Å²) in [5.41, 5.74) is 0.445. The Bertz CT molecular complexity index is 705. The van der Waals surface area contributed by atoms with Crippen molar-refractivity contribution in [1.82, 2.24) is 9.55 Å². The summed E-state index contributed by atoms with van der Waals surface area (Å²) < 4.78 is 1.73. The summed E-state index contributed by atoms with van der Waals surface area (Å²) in [6.45, 7) is 2.53. The van der Waals surface area contributed by atoms with Crippen LogP contribution in [0, 0.1) is 0 Å². The number of nitrogens with one attached hydrogen (secondary N) is 1. The average Bonchev–Trinajstić information content (AvgIpc) is 3.02. The van der Waals surface area contributed by atoms with Crippen LogP contribution in [0.5, 0.6) is 0 Å². The molecule has 1 amide bonds. The molecule has 0 saturated heterocycles. The number of hydrogen-bond donors (Lipinski definition) is 2. The van der Waals surface area contributed by atoms with Gasteiger partial charge in [-0.2, -0.15) is 0 Å².